The molecule has 1 heterocycles. The Kier molecular flexibility index (Phi) is 3.47. The van der Waals surface area contributed by atoms with E-state index in [2.05, 4.69) is 44.6 Å². The van der Waals surface area contributed by atoms with Crippen LogP contribution in [0.1, 0.15) is 13.8 Å². The van der Waals surface area contributed by atoms with Gasteiger partial charge in [-0.15, -0.1) is 0 Å². The summed E-state index contributed by atoms with van der Waals surface area (Å²) in [7, 11) is 0. The molecule has 0 fully saturated rings. The molecule has 3 nitrogen and oxygen atoms in total. The zero-order chi connectivity index (χ0) is 8.97. The van der Waals surface area contributed by atoms with Crippen molar-refractivity contribution in [3.8, 4) is 0 Å². The minimum Gasteiger partial charge on any atom is -0.356 e. The Morgan fingerprint density at radius 1 is 1.42 bits per heavy atom. The van der Waals surface area contributed by atoms with E-state index in [9.17, 15) is 0 Å². The Hall–Kier alpha value is -0.640. The van der Waals surface area contributed by atoms with Crippen LogP contribution in [0.2, 0.25) is 0 Å². The molecule has 4 heteroatoms. The van der Waals surface area contributed by atoms with Crippen molar-refractivity contribution in [2.75, 3.05) is 18.0 Å². The summed E-state index contributed by atoms with van der Waals surface area (Å²) in [6, 6.07) is 0. The molecule has 0 radical (unpaired) electrons. The first kappa shape index (κ1) is 9.45. The zero-order valence-corrected chi connectivity index (χ0v) is 8.87. The van der Waals surface area contributed by atoms with Gasteiger partial charge in [-0.2, -0.15) is 0 Å². The van der Waals surface area contributed by atoms with Crippen LogP contribution < -0.4 is 4.90 Å². The van der Waals surface area contributed by atoms with Crippen LogP contribution in [-0.4, -0.2) is 23.1 Å². The van der Waals surface area contributed by atoms with E-state index in [0.29, 0.717) is 0 Å². The van der Waals surface area contributed by atoms with E-state index in [1.165, 1.54) is 0 Å². The van der Waals surface area contributed by atoms with Gasteiger partial charge >= 0.3 is 0 Å². The van der Waals surface area contributed by atoms with Crippen molar-refractivity contribution >= 4 is 21.7 Å². The van der Waals surface area contributed by atoms with Gasteiger partial charge in [0.2, 0.25) is 0 Å². The van der Waals surface area contributed by atoms with Crippen molar-refractivity contribution in [1.82, 2.24) is 9.97 Å². The number of hydrogen-bond acceptors (Lipinski definition) is 3. The van der Waals surface area contributed by atoms with Crippen LogP contribution >= 0.6 is 15.9 Å². The number of aromatic nitrogens is 2. The Bertz CT molecular complexity index is 248. The first-order chi connectivity index (χ1) is 5.79. The van der Waals surface area contributed by atoms with Gasteiger partial charge in [0.1, 0.15) is 12.1 Å². The summed E-state index contributed by atoms with van der Waals surface area (Å²) >= 11 is 3.41. The fourth-order valence-electron chi connectivity index (χ4n) is 1.06. The summed E-state index contributed by atoms with van der Waals surface area (Å²) in [5.41, 5.74) is 0. The third-order valence-electron chi connectivity index (χ3n) is 1.71. The molecule has 0 N–H and O–H groups in total. The number of hydrogen-bond donors (Lipinski definition) is 0. The Labute approximate surface area is 81.0 Å². The molecule has 0 aliphatic rings. The molecular weight excluding hydrogens is 218 g/mol. The Balaban J connectivity index is 2.92. The van der Waals surface area contributed by atoms with Gasteiger partial charge in [0, 0.05) is 19.3 Å². The van der Waals surface area contributed by atoms with E-state index in [0.717, 1.165) is 23.4 Å². The molecule has 0 saturated heterocycles. The standard InChI is InChI=1S/C8H12BrN3/c1-3-12(4-2)8-7(9)5-10-6-11-8/h5-6H,3-4H2,1-2H3. The summed E-state index contributed by atoms with van der Waals surface area (Å²) in [5, 5.41) is 0. The van der Waals surface area contributed by atoms with E-state index in [1.807, 2.05) is 0 Å². The van der Waals surface area contributed by atoms with Crippen LogP contribution in [0.15, 0.2) is 17.0 Å². The van der Waals surface area contributed by atoms with Gasteiger partial charge in [-0.05, 0) is 29.8 Å². The number of halogens is 1. The predicted octanol–water partition coefficient (Wildman–Crippen LogP) is 2.09. The van der Waals surface area contributed by atoms with Crippen LogP contribution in [0.3, 0.4) is 0 Å². The lowest BCUT2D eigenvalue weighted by Crippen LogP contribution is -2.23. The number of anilines is 1. The van der Waals surface area contributed by atoms with E-state index in [4.69, 9.17) is 0 Å². The van der Waals surface area contributed by atoms with Gasteiger partial charge in [0.15, 0.2) is 0 Å². The summed E-state index contributed by atoms with van der Waals surface area (Å²) < 4.78 is 0.953. The van der Waals surface area contributed by atoms with Crippen LogP contribution in [0.25, 0.3) is 0 Å². The Morgan fingerprint density at radius 2 is 2.08 bits per heavy atom. The molecule has 0 unspecified atom stereocenters. The van der Waals surface area contributed by atoms with Gasteiger partial charge in [-0.3, -0.25) is 0 Å². The van der Waals surface area contributed by atoms with Gasteiger partial charge in [0.05, 0.1) is 4.47 Å². The van der Waals surface area contributed by atoms with E-state index >= 15 is 0 Å². The molecule has 0 amide bonds. The van der Waals surface area contributed by atoms with Crippen molar-refractivity contribution in [1.29, 1.82) is 0 Å². The molecule has 0 bridgehead atoms. The molecule has 0 saturated carbocycles. The number of rotatable bonds is 3. The van der Waals surface area contributed by atoms with Gasteiger partial charge in [-0.1, -0.05) is 0 Å². The van der Waals surface area contributed by atoms with Crippen molar-refractivity contribution in [3.63, 3.8) is 0 Å². The molecule has 1 aromatic heterocycles. The second-order valence-corrected chi connectivity index (χ2v) is 3.22. The smallest absolute Gasteiger partial charge is 0.146 e. The average Bonchev–Trinajstić information content (AvgIpc) is 2.10. The lowest BCUT2D eigenvalue weighted by atomic mass is 10.4. The second-order valence-electron chi connectivity index (χ2n) is 2.37. The summed E-state index contributed by atoms with van der Waals surface area (Å²) in [6.07, 6.45) is 3.33. The SMILES string of the molecule is CCN(CC)c1ncncc1Br. The molecule has 0 aromatic carbocycles. The average molecular weight is 230 g/mol. The number of nitrogens with zero attached hydrogens (tertiary/aromatic N) is 3. The lowest BCUT2D eigenvalue weighted by Gasteiger charge is -2.20. The molecule has 0 spiro atoms. The minimum absolute atomic E-state index is 0.953. The highest BCUT2D eigenvalue weighted by molar-refractivity contribution is 9.10. The fourth-order valence-corrected chi connectivity index (χ4v) is 1.53. The summed E-state index contributed by atoms with van der Waals surface area (Å²) in [6.45, 7) is 6.15. The molecule has 0 aliphatic heterocycles. The highest BCUT2D eigenvalue weighted by Crippen LogP contribution is 2.20. The van der Waals surface area contributed by atoms with Crippen molar-refractivity contribution in [3.05, 3.63) is 17.0 Å². The monoisotopic (exact) mass is 229 g/mol. The summed E-state index contributed by atoms with van der Waals surface area (Å²) in [4.78, 5) is 10.3. The van der Waals surface area contributed by atoms with Gasteiger partial charge in [-0.25, -0.2) is 9.97 Å². The second kappa shape index (κ2) is 4.40. The zero-order valence-electron chi connectivity index (χ0n) is 7.29. The van der Waals surface area contributed by atoms with Crippen LogP contribution in [0.4, 0.5) is 5.82 Å². The first-order valence-corrected chi connectivity index (χ1v) is 4.79. The highest BCUT2D eigenvalue weighted by atomic mass is 79.9. The topological polar surface area (TPSA) is 29.0 Å². The van der Waals surface area contributed by atoms with Gasteiger partial charge < -0.3 is 4.90 Å². The lowest BCUT2D eigenvalue weighted by molar-refractivity contribution is 0.837. The predicted molar refractivity (Wildman–Crippen MR) is 53.3 cm³/mol. The molecule has 12 heavy (non-hydrogen) atoms. The highest BCUT2D eigenvalue weighted by Gasteiger charge is 2.06. The maximum atomic E-state index is 4.19. The van der Waals surface area contributed by atoms with Gasteiger partial charge in [0.25, 0.3) is 0 Å². The third kappa shape index (κ3) is 1.94. The normalized spacial score (nSPS) is 9.92. The molecule has 0 atom stereocenters. The van der Waals surface area contributed by atoms with Crippen LogP contribution in [-0.2, 0) is 0 Å². The molecule has 1 rings (SSSR count). The maximum absolute atomic E-state index is 4.19. The van der Waals surface area contributed by atoms with Crippen molar-refractivity contribution in [2.24, 2.45) is 0 Å². The quantitative estimate of drug-likeness (QED) is 0.796. The summed E-state index contributed by atoms with van der Waals surface area (Å²) in [5.74, 6) is 0.968. The molecular formula is C8H12BrN3. The van der Waals surface area contributed by atoms with Crippen molar-refractivity contribution in [2.45, 2.75) is 13.8 Å². The Morgan fingerprint density at radius 3 is 2.58 bits per heavy atom. The minimum atomic E-state index is 0.953. The van der Waals surface area contributed by atoms with E-state index < -0.39 is 0 Å². The third-order valence-corrected chi connectivity index (χ3v) is 2.27. The van der Waals surface area contributed by atoms with E-state index in [-0.39, 0.29) is 0 Å². The molecule has 66 valence electrons. The molecule has 0 aliphatic carbocycles. The largest absolute Gasteiger partial charge is 0.356 e. The van der Waals surface area contributed by atoms with E-state index in [1.54, 1.807) is 12.5 Å². The fraction of sp³-hybridized carbons (Fsp3) is 0.500. The maximum Gasteiger partial charge on any atom is 0.146 e. The molecule has 1 aromatic rings. The van der Waals surface area contributed by atoms with Crippen LogP contribution in [0.5, 0.6) is 0 Å². The van der Waals surface area contributed by atoms with Crippen molar-refractivity contribution < 1.29 is 0 Å². The van der Waals surface area contributed by atoms with Crippen LogP contribution in [0, 0.1) is 0 Å². The first-order valence-electron chi connectivity index (χ1n) is 4.00.